The Hall–Kier alpha value is -1.29. The number of furan rings is 1. The largest absolute Gasteiger partial charge is 0.472 e. The smallest absolute Gasteiger partial charge is 0.230 e. The summed E-state index contributed by atoms with van der Waals surface area (Å²) in [5.74, 6) is 0.782. The molecule has 1 amide bonds. The molecule has 1 fully saturated rings. The van der Waals surface area contributed by atoms with Gasteiger partial charge >= 0.3 is 0 Å². The second kappa shape index (κ2) is 4.53. The van der Waals surface area contributed by atoms with E-state index in [2.05, 4.69) is 6.92 Å². The minimum absolute atomic E-state index is 0.166. The zero-order valence-corrected chi connectivity index (χ0v) is 10.5. The van der Waals surface area contributed by atoms with Crippen LogP contribution in [0.2, 0.25) is 0 Å². The summed E-state index contributed by atoms with van der Waals surface area (Å²) in [7, 11) is 1.83. The maximum Gasteiger partial charge on any atom is 0.230 e. The van der Waals surface area contributed by atoms with Gasteiger partial charge in [-0.15, -0.1) is 0 Å². The molecule has 17 heavy (non-hydrogen) atoms. The van der Waals surface area contributed by atoms with Gasteiger partial charge < -0.3 is 15.1 Å². The maximum atomic E-state index is 12.4. The van der Waals surface area contributed by atoms with Gasteiger partial charge in [0.25, 0.3) is 0 Å². The van der Waals surface area contributed by atoms with E-state index in [1.54, 1.807) is 17.4 Å². The summed E-state index contributed by atoms with van der Waals surface area (Å²) in [6.07, 6.45) is 5.12. The van der Waals surface area contributed by atoms with Gasteiger partial charge in [0.15, 0.2) is 0 Å². The minimum Gasteiger partial charge on any atom is -0.472 e. The monoisotopic (exact) mass is 236 g/mol. The standard InChI is InChI=1S/C13H20N2O2/c1-10-5-13(6-10,9-14)12(16)15(2)7-11-3-4-17-8-11/h3-4,8,10H,5-7,9,14H2,1-2H3. The molecule has 1 heterocycles. The van der Waals surface area contributed by atoms with Gasteiger partial charge in [-0.05, 0) is 24.8 Å². The second-order valence-corrected chi connectivity index (χ2v) is 5.29. The lowest BCUT2D eigenvalue weighted by Gasteiger charge is -2.46. The highest BCUT2D eigenvalue weighted by Crippen LogP contribution is 2.45. The van der Waals surface area contributed by atoms with Crippen molar-refractivity contribution in [2.45, 2.75) is 26.3 Å². The van der Waals surface area contributed by atoms with E-state index in [0.717, 1.165) is 18.4 Å². The van der Waals surface area contributed by atoms with Crippen LogP contribution >= 0.6 is 0 Å². The fourth-order valence-corrected chi connectivity index (χ4v) is 2.84. The van der Waals surface area contributed by atoms with Crippen LogP contribution in [-0.4, -0.2) is 24.4 Å². The number of nitrogens with two attached hydrogens (primary N) is 1. The van der Waals surface area contributed by atoms with Gasteiger partial charge in [-0.2, -0.15) is 0 Å². The quantitative estimate of drug-likeness (QED) is 0.864. The Morgan fingerprint density at radius 1 is 1.65 bits per heavy atom. The molecule has 0 bridgehead atoms. The predicted molar refractivity (Wildman–Crippen MR) is 65.1 cm³/mol. The molecule has 2 rings (SSSR count). The first-order valence-corrected chi connectivity index (χ1v) is 6.04. The molecule has 1 saturated carbocycles. The van der Waals surface area contributed by atoms with Crippen molar-refractivity contribution in [2.75, 3.05) is 13.6 Å². The molecule has 4 nitrogen and oxygen atoms in total. The molecule has 0 radical (unpaired) electrons. The minimum atomic E-state index is -0.308. The summed E-state index contributed by atoms with van der Waals surface area (Å²) in [5.41, 5.74) is 6.48. The summed E-state index contributed by atoms with van der Waals surface area (Å²) in [6, 6.07) is 1.88. The molecular weight excluding hydrogens is 216 g/mol. The topological polar surface area (TPSA) is 59.5 Å². The van der Waals surface area contributed by atoms with E-state index in [1.165, 1.54) is 0 Å². The molecule has 94 valence electrons. The van der Waals surface area contributed by atoms with Gasteiger partial charge in [0, 0.05) is 25.7 Å². The molecule has 1 aromatic heterocycles. The fraction of sp³-hybridized carbons (Fsp3) is 0.615. The van der Waals surface area contributed by atoms with Crippen LogP contribution in [-0.2, 0) is 11.3 Å². The molecule has 0 unspecified atom stereocenters. The van der Waals surface area contributed by atoms with E-state index in [-0.39, 0.29) is 11.3 Å². The fourth-order valence-electron chi connectivity index (χ4n) is 2.84. The Morgan fingerprint density at radius 2 is 2.35 bits per heavy atom. The molecule has 2 N–H and O–H groups in total. The van der Waals surface area contributed by atoms with Crippen LogP contribution in [0.4, 0.5) is 0 Å². The predicted octanol–water partition coefficient (Wildman–Crippen LogP) is 1.61. The van der Waals surface area contributed by atoms with E-state index >= 15 is 0 Å². The first-order valence-electron chi connectivity index (χ1n) is 6.04. The van der Waals surface area contributed by atoms with Crippen LogP contribution < -0.4 is 5.73 Å². The van der Waals surface area contributed by atoms with E-state index in [4.69, 9.17) is 10.2 Å². The van der Waals surface area contributed by atoms with Gasteiger partial charge in [-0.3, -0.25) is 4.79 Å². The second-order valence-electron chi connectivity index (χ2n) is 5.29. The highest BCUT2D eigenvalue weighted by molar-refractivity contribution is 5.83. The van der Waals surface area contributed by atoms with E-state index in [9.17, 15) is 4.79 Å². The Kier molecular flexibility index (Phi) is 3.24. The zero-order valence-electron chi connectivity index (χ0n) is 10.5. The van der Waals surface area contributed by atoms with Crippen LogP contribution in [0, 0.1) is 11.3 Å². The van der Waals surface area contributed by atoms with Crippen molar-refractivity contribution >= 4 is 5.91 Å². The number of amides is 1. The third-order valence-corrected chi connectivity index (χ3v) is 3.67. The Bertz CT molecular complexity index is 380. The van der Waals surface area contributed by atoms with Crippen molar-refractivity contribution in [3.05, 3.63) is 24.2 Å². The highest BCUT2D eigenvalue weighted by atomic mass is 16.3. The molecule has 0 aromatic carbocycles. The van der Waals surface area contributed by atoms with Gasteiger partial charge in [0.05, 0.1) is 17.9 Å². The Balaban J connectivity index is 1.99. The van der Waals surface area contributed by atoms with Gasteiger partial charge in [0.1, 0.15) is 0 Å². The zero-order chi connectivity index (χ0) is 12.5. The van der Waals surface area contributed by atoms with Crippen molar-refractivity contribution in [1.29, 1.82) is 0 Å². The molecular formula is C13H20N2O2. The highest BCUT2D eigenvalue weighted by Gasteiger charge is 2.48. The van der Waals surface area contributed by atoms with Crippen LogP contribution in [0.5, 0.6) is 0 Å². The summed E-state index contributed by atoms with van der Waals surface area (Å²) < 4.78 is 5.00. The summed E-state index contributed by atoms with van der Waals surface area (Å²) in [5, 5.41) is 0. The molecule has 1 aliphatic rings. The van der Waals surface area contributed by atoms with E-state index < -0.39 is 0 Å². The lowest BCUT2D eigenvalue weighted by molar-refractivity contribution is -0.148. The lowest BCUT2D eigenvalue weighted by atomic mass is 9.62. The van der Waals surface area contributed by atoms with Crippen molar-refractivity contribution in [3.63, 3.8) is 0 Å². The Morgan fingerprint density at radius 3 is 2.82 bits per heavy atom. The first kappa shape index (κ1) is 12.2. The van der Waals surface area contributed by atoms with Crippen molar-refractivity contribution in [3.8, 4) is 0 Å². The first-order chi connectivity index (χ1) is 8.07. The molecule has 4 heteroatoms. The van der Waals surface area contributed by atoms with Crippen molar-refractivity contribution in [2.24, 2.45) is 17.1 Å². The molecule has 0 spiro atoms. The van der Waals surface area contributed by atoms with Crippen molar-refractivity contribution in [1.82, 2.24) is 4.90 Å². The molecule has 1 aromatic rings. The number of rotatable bonds is 4. The molecule has 1 aliphatic carbocycles. The van der Waals surface area contributed by atoms with Crippen LogP contribution in [0.15, 0.2) is 23.0 Å². The van der Waals surface area contributed by atoms with Crippen LogP contribution in [0.25, 0.3) is 0 Å². The Labute approximate surface area is 102 Å². The lowest BCUT2D eigenvalue weighted by Crippen LogP contribution is -2.53. The van der Waals surface area contributed by atoms with Crippen LogP contribution in [0.3, 0.4) is 0 Å². The summed E-state index contributed by atoms with van der Waals surface area (Å²) in [6.45, 7) is 3.20. The average Bonchev–Trinajstić information content (AvgIpc) is 2.76. The van der Waals surface area contributed by atoms with E-state index in [0.29, 0.717) is 19.0 Å². The molecule has 0 atom stereocenters. The maximum absolute atomic E-state index is 12.4. The third-order valence-electron chi connectivity index (χ3n) is 3.67. The van der Waals surface area contributed by atoms with Gasteiger partial charge in [-0.1, -0.05) is 6.92 Å². The van der Waals surface area contributed by atoms with Gasteiger partial charge in [-0.25, -0.2) is 0 Å². The average molecular weight is 236 g/mol. The van der Waals surface area contributed by atoms with Crippen molar-refractivity contribution < 1.29 is 9.21 Å². The SMILES string of the molecule is CC1CC(CN)(C(=O)N(C)Cc2ccoc2)C1. The van der Waals surface area contributed by atoms with E-state index in [1.807, 2.05) is 13.1 Å². The summed E-state index contributed by atoms with van der Waals surface area (Å²) in [4.78, 5) is 14.1. The number of nitrogens with zero attached hydrogens (tertiary/aromatic N) is 1. The number of hydrogen-bond donors (Lipinski definition) is 1. The third kappa shape index (κ3) is 2.22. The number of hydrogen-bond acceptors (Lipinski definition) is 3. The normalized spacial score (nSPS) is 27.6. The van der Waals surface area contributed by atoms with Gasteiger partial charge in [0.2, 0.25) is 5.91 Å². The molecule has 0 aliphatic heterocycles. The van der Waals surface area contributed by atoms with Crippen LogP contribution in [0.1, 0.15) is 25.3 Å². The molecule has 0 saturated heterocycles. The summed E-state index contributed by atoms with van der Waals surface area (Å²) >= 11 is 0. The number of carbonyl (C=O) groups excluding carboxylic acids is 1. The number of carbonyl (C=O) groups is 1.